The Bertz CT molecular complexity index is 323. The standard InChI is InChI=1S/C10H17N5/c1-8-7-9(13-10(11)12-8)15-5-3-14(2)4-6-15/h7H,3-6H2,1-2H3,(H2,11,12,13)/p+1. The number of anilines is 2. The van der Waals surface area contributed by atoms with Crippen LogP contribution in [0.25, 0.3) is 0 Å². The van der Waals surface area contributed by atoms with Gasteiger partial charge in [0.25, 0.3) is 0 Å². The van der Waals surface area contributed by atoms with Crippen LogP contribution >= 0.6 is 0 Å². The number of nitrogens with one attached hydrogen (secondary N) is 1. The molecule has 1 aliphatic heterocycles. The lowest BCUT2D eigenvalue weighted by Gasteiger charge is -2.30. The van der Waals surface area contributed by atoms with Crippen LogP contribution in [0.1, 0.15) is 5.69 Å². The van der Waals surface area contributed by atoms with Gasteiger partial charge in [0, 0.05) is 11.8 Å². The first-order chi connectivity index (χ1) is 7.15. The number of quaternary nitrogens is 1. The summed E-state index contributed by atoms with van der Waals surface area (Å²) in [5, 5.41) is 0. The van der Waals surface area contributed by atoms with E-state index < -0.39 is 0 Å². The minimum atomic E-state index is 0.372. The molecule has 2 heterocycles. The van der Waals surface area contributed by atoms with Crippen LogP contribution in [0.5, 0.6) is 0 Å². The zero-order valence-electron chi connectivity index (χ0n) is 9.32. The van der Waals surface area contributed by atoms with Crippen molar-refractivity contribution in [1.29, 1.82) is 0 Å². The first-order valence-electron chi connectivity index (χ1n) is 5.32. The van der Waals surface area contributed by atoms with Gasteiger partial charge in [-0.25, -0.2) is 4.98 Å². The lowest BCUT2D eigenvalue weighted by atomic mass is 10.3. The van der Waals surface area contributed by atoms with E-state index in [1.54, 1.807) is 4.90 Å². The van der Waals surface area contributed by atoms with E-state index in [9.17, 15) is 0 Å². The van der Waals surface area contributed by atoms with Crippen molar-refractivity contribution in [2.45, 2.75) is 6.92 Å². The largest absolute Gasteiger partial charge is 0.368 e. The third-order valence-corrected chi connectivity index (χ3v) is 2.80. The highest BCUT2D eigenvalue weighted by molar-refractivity contribution is 5.43. The third kappa shape index (κ3) is 2.36. The first-order valence-corrected chi connectivity index (χ1v) is 5.32. The molecule has 5 nitrogen and oxygen atoms in total. The van der Waals surface area contributed by atoms with E-state index in [4.69, 9.17) is 5.73 Å². The summed E-state index contributed by atoms with van der Waals surface area (Å²) in [7, 11) is 2.22. The van der Waals surface area contributed by atoms with Gasteiger partial charge in [0.2, 0.25) is 5.95 Å². The molecule has 0 saturated carbocycles. The molecule has 2 rings (SSSR count). The Balaban J connectivity index is 2.15. The van der Waals surface area contributed by atoms with E-state index in [1.165, 1.54) is 0 Å². The van der Waals surface area contributed by atoms with Crippen molar-refractivity contribution in [2.75, 3.05) is 43.9 Å². The lowest BCUT2D eigenvalue weighted by Crippen LogP contribution is -3.12. The van der Waals surface area contributed by atoms with Gasteiger partial charge < -0.3 is 15.5 Å². The van der Waals surface area contributed by atoms with Gasteiger partial charge in [-0.2, -0.15) is 4.98 Å². The monoisotopic (exact) mass is 208 g/mol. The molecule has 0 atom stereocenters. The van der Waals surface area contributed by atoms with Crippen LogP contribution < -0.4 is 15.5 Å². The molecule has 0 aliphatic carbocycles. The van der Waals surface area contributed by atoms with Gasteiger partial charge in [-0.3, -0.25) is 0 Å². The smallest absolute Gasteiger partial charge is 0.222 e. The van der Waals surface area contributed by atoms with Crippen molar-refractivity contribution in [3.05, 3.63) is 11.8 Å². The molecule has 0 spiro atoms. The number of rotatable bonds is 1. The molecule has 0 radical (unpaired) electrons. The molecule has 0 amide bonds. The van der Waals surface area contributed by atoms with Crippen molar-refractivity contribution < 1.29 is 4.90 Å². The lowest BCUT2D eigenvalue weighted by molar-refractivity contribution is -0.880. The average molecular weight is 208 g/mol. The van der Waals surface area contributed by atoms with Crippen molar-refractivity contribution in [3.63, 3.8) is 0 Å². The van der Waals surface area contributed by atoms with Gasteiger partial charge >= 0.3 is 0 Å². The Morgan fingerprint density at radius 3 is 2.60 bits per heavy atom. The Morgan fingerprint density at radius 1 is 1.33 bits per heavy atom. The summed E-state index contributed by atoms with van der Waals surface area (Å²) in [6, 6.07) is 2.00. The topological polar surface area (TPSA) is 59.5 Å². The van der Waals surface area contributed by atoms with Gasteiger partial charge in [0.15, 0.2) is 0 Å². The van der Waals surface area contributed by atoms with Gasteiger partial charge in [-0.1, -0.05) is 0 Å². The Labute approximate surface area is 89.9 Å². The maximum Gasteiger partial charge on any atom is 0.222 e. The zero-order valence-corrected chi connectivity index (χ0v) is 9.32. The summed E-state index contributed by atoms with van der Waals surface area (Å²) in [6.45, 7) is 6.35. The SMILES string of the molecule is Cc1cc(N2CC[NH+](C)CC2)nc(N)n1. The molecule has 82 valence electrons. The van der Waals surface area contributed by atoms with Gasteiger partial charge in [0.1, 0.15) is 5.82 Å². The molecule has 1 saturated heterocycles. The van der Waals surface area contributed by atoms with E-state index in [-0.39, 0.29) is 0 Å². The van der Waals surface area contributed by atoms with Crippen LogP contribution in [0, 0.1) is 6.92 Å². The highest BCUT2D eigenvalue weighted by Gasteiger charge is 2.18. The number of nitrogens with zero attached hydrogens (tertiary/aromatic N) is 3. The molecule has 1 aromatic heterocycles. The average Bonchev–Trinajstić information content (AvgIpc) is 2.17. The maximum atomic E-state index is 5.64. The molecular weight excluding hydrogens is 190 g/mol. The number of piperazine rings is 1. The summed E-state index contributed by atoms with van der Waals surface area (Å²) in [5.41, 5.74) is 6.57. The van der Waals surface area contributed by atoms with E-state index in [0.717, 1.165) is 37.7 Å². The second-order valence-electron chi connectivity index (χ2n) is 4.17. The molecule has 5 heteroatoms. The minimum Gasteiger partial charge on any atom is -0.368 e. The number of nitrogen functional groups attached to an aromatic ring is 1. The molecule has 0 unspecified atom stereocenters. The highest BCUT2D eigenvalue weighted by Crippen LogP contribution is 2.12. The minimum absolute atomic E-state index is 0.372. The van der Waals surface area contributed by atoms with Crippen LogP contribution in [0.3, 0.4) is 0 Å². The number of likely N-dealkylation sites (N-methyl/N-ethyl adjacent to an activating group) is 1. The number of hydrogen-bond acceptors (Lipinski definition) is 4. The Morgan fingerprint density at radius 2 is 2.00 bits per heavy atom. The second-order valence-corrected chi connectivity index (χ2v) is 4.17. The summed E-state index contributed by atoms with van der Waals surface area (Å²) in [5.74, 6) is 1.34. The van der Waals surface area contributed by atoms with Gasteiger partial charge in [-0.15, -0.1) is 0 Å². The second kappa shape index (κ2) is 4.02. The predicted octanol–water partition coefficient (Wildman–Crippen LogP) is -1.30. The molecule has 1 aromatic rings. The van der Waals surface area contributed by atoms with Gasteiger partial charge in [0.05, 0.1) is 33.2 Å². The quantitative estimate of drug-likeness (QED) is 0.602. The fourth-order valence-corrected chi connectivity index (χ4v) is 1.85. The highest BCUT2D eigenvalue weighted by atomic mass is 15.3. The molecule has 0 aromatic carbocycles. The zero-order chi connectivity index (χ0) is 10.8. The van der Waals surface area contributed by atoms with Crippen LogP contribution in [-0.4, -0.2) is 43.2 Å². The Kier molecular flexibility index (Phi) is 2.73. The molecule has 0 bridgehead atoms. The molecule has 3 N–H and O–H groups in total. The summed E-state index contributed by atoms with van der Waals surface area (Å²) < 4.78 is 0. The van der Waals surface area contributed by atoms with Crippen LogP contribution in [0.2, 0.25) is 0 Å². The van der Waals surface area contributed by atoms with Crippen molar-refractivity contribution >= 4 is 11.8 Å². The fraction of sp³-hybridized carbons (Fsp3) is 0.600. The van der Waals surface area contributed by atoms with Crippen molar-refractivity contribution in [2.24, 2.45) is 0 Å². The summed E-state index contributed by atoms with van der Waals surface area (Å²) >= 11 is 0. The number of hydrogen-bond donors (Lipinski definition) is 2. The van der Waals surface area contributed by atoms with Crippen molar-refractivity contribution in [1.82, 2.24) is 9.97 Å². The van der Waals surface area contributed by atoms with E-state index in [0.29, 0.717) is 5.95 Å². The first kappa shape index (κ1) is 10.2. The van der Waals surface area contributed by atoms with Crippen molar-refractivity contribution in [3.8, 4) is 0 Å². The van der Waals surface area contributed by atoms with E-state index in [2.05, 4.69) is 21.9 Å². The normalized spacial score (nSPS) is 18.1. The number of aromatic nitrogens is 2. The van der Waals surface area contributed by atoms with Gasteiger partial charge in [-0.05, 0) is 6.92 Å². The molecule has 1 aliphatic rings. The number of nitrogens with two attached hydrogens (primary N) is 1. The van der Waals surface area contributed by atoms with Crippen LogP contribution in [0.4, 0.5) is 11.8 Å². The molecule has 15 heavy (non-hydrogen) atoms. The van der Waals surface area contributed by atoms with Crippen LogP contribution in [0.15, 0.2) is 6.07 Å². The Hall–Kier alpha value is -1.36. The van der Waals surface area contributed by atoms with E-state index >= 15 is 0 Å². The number of aryl methyl sites for hydroxylation is 1. The van der Waals surface area contributed by atoms with E-state index in [1.807, 2.05) is 13.0 Å². The predicted molar refractivity (Wildman–Crippen MR) is 60.0 cm³/mol. The fourth-order valence-electron chi connectivity index (χ4n) is 1.85. The molecular formula is C10H18N5+. The summed E-state index contributed by atoms with van der Waals surface area (Å²) in [4.78, 5) is 12.2. The summed E-state index contributed by atoms with van der Waals surface area (Å²) in [6.07, 6.45) is 0. The third-order valence-electron chi connectivity index (χ3n) is 2.80. The molecule has 1 fully saturated rings. The van der Waals surface area contributed by atoms with Crippen LogP contribution in [-0.2, 0) is 0 Å². The maximum absolute atomic E-state index is 5.64.